The van der Waals surface area contributed by atoms with E-state index in [0.717, 1.165) is 121 Å². The molecule has 137 heavy (non-hydrogen) atoms. The van der Waals surface area contributed by atoms with Gasteiger partial charge in [-0.3, -0.25) is 57.4 Å². The lowest BCUT2D eigenvalue weighted by molar-refractivity contribution is -0.0395. The third-order valence-electron chi connectivity index (χ3n) is 26.3. The first kappa shape index (κ1) is 91.5. The third kappa shape index (κ3) is 19.3. The summed E-state index contributed by atoms with van der Waals surface area (Å²) in [6.07, 6.45) is 19.7. The number of rotatable bonds is 17. The van der Waals surface area contributed by atoms with Crippen molar-refractivity contribution in [3.8, 4) is 28.4 Å². The Kier molecular flexibility index (Phi) is 27.1. The van der Waals surface area contributed by atoms with E-state index in [1.807, 2.05) is 171 Å². The topological polar surface area (TPSA) is 344 Å². The van der Waals surface area contributed by atoms with E-state index >= 15 is 0 Å². The van der Waals surface area contributed by atoms with Gasteiger partial charge in [0.1, 0.15) is 5.82 Å². The number of methoxy groups -OCH3 is 1. The molecule has 0 amide bonds. The standard InChI is InChI=1S/C29H24FN3O3.C28H25N5O4.C26H27N3O3.C26H25N3O3/c30-22-12-21(14-31-15-22)19-5-3-4-18(10-19)11-20-13-25-28(24-7-2-1-6-23(20)24)32-17-33(29(25)35)26-8-9-36-16-27(26)34;1-36-28-30-13-19(14-31-28)23-11-17(6-8-29-23)10-18-12-22-26(21-5-3-2-4-20(18)21)32-16-33(27(22)35)24-7-9-37-15-25(24)34;2*1-16(2)22-12-17(7-9-27-22)11-18-13-21-25(20-6-4-3-5-19(18)20)28-15-29(26(21)31)23-14-32-10-8-24(23)30/h1-7,10,12-15,17,26-27,34H,8-9,11,16H2;2-6,8,11-14,16,24-25,34H,7,9-10,15H2,1H3;3-7,9,12-13,15-16,23-24,30H,8,10-11,14H2,1-2H3;3-7,9,12-13,15,23-24,30H,1,8,10-11,14H2,2H3/t26-,27-;24-,25-;2*23-,24-/m0000/s1. The molecule has 4 saturated heterocycles. The van der Waals surface area contributed by atoms with Crippen molar-refractivity contribution in [2.75, 3.05) is 60.0 Å². The van der Waals surface area contributed by atoms with Crippen molar-refractivity contribution in [3.05, 3.63) is 366 Å². The van der Waals surface area contributed by atoms with Crippen LogP contribution in [0.3, 0.4) is 0 Å². The summed E-state index contributed by atoms with van der Waals surface area (Å²) < 4.78 is 46.7. The average Bonchev–Trinajstić information content (AvgIpc) is 0.762. The number of ether oxygens (including phenoxy) is 5. The molecule has 0 saturated carbocycles. The lowest BCUT2D eigenvalue weighted by Crippen LogP contribution is -2.39. The molecule has 13 heterocycles. The summed E-state index contributed by atoms with van der Waals surface area (Å²) in [7, 11) is 1.53. The van der Waals surface area contributed by atoms with Crippen LogP contribution < -0.4 is 27.0 Å². The fourth-order valence-corrected chi connectivity index (χ4v) is 19.1. The van der Waals surface area contributed by atoms with Gasteiger partial charge in [-0.1, -0.05) is 142 Å². The minimum absolute atomic E-state index is 0.144. The van der Waals surface area contributed by atoms with Gasteiger partial charge in [0.25, 0.3) is 22.2 Å². The van der Waals surface area contributed by atoms with Crippen LogP contribution in [-0.4, -0.2) is 173 Å². The second kappa shape index (κ2) is 40.5. The summed E-state index contributed by atoms with van der Waals surface area (Å²) in [6, 6.07) is 60.1. The number of hydrogen-bond donors (Lipinski definition) is 4. The van der Waals surface area contributed by atoms with Crippen LogP contribution in [0, 0.1) is 5.82 Å². The SMILES string of the molecule is C=C(C)c1cc(Cc2cc3c(=O)n([C@H]4COCC[C@@H]4O)cnc3c3ccccc23)ccn1.CC(C)c1cc(Cc2cc3c(=O)n([C@H]4COCC[C@@H]4O)cnc3c3ccccc23)ccn1.COc1ncc(-c2cc(Cc3cc4c(=O)n([C@H]5CCOC[C@@H]5O)cnc4c4ccccc34)ccn2)cn1.O=c1c2cc(Cc3cccc(-c4cncc(F)c4)c3)c3ccccc3c2ncn1[C@H]1CCOC[C@@H]1O. The Morgan fingerprint density at radius 1 is 0.387 bits per heavy atom. The van der Waals surface area contributed by atoms with Gasteiger partial charge in [0.15, 0.2) is 0 Å². The molecule has 0 radical (unpaired) electrons. The van der Waals surface area contributed by atoms with E-state index in [1.54, 1.807) is 65.4 Å². The zero-order valence-electron chi connectivity index (χ0n) is 76.1. The van der Waals surface area contributed by atoms with Gasteiger partial charge in [0.05, 0.1) is 169 Å². The van der Waals surface area contributed by atoms with E-state index in [1.165, 1.54) is 28.5 Å². The molecular weight excluding hydrogens is 1730 g/mol. The van der Waals surface area contributed by atoms with Crippen molar-refractivity contribution in [1.82, 2.24) is 68.1 Å². The number of benzene rings is 9. The highest BCUT2D eigenvalue weighted by atomic mass is 19.1. The molecule has 0 spiro atoms. The molecule has 9 aromatic heterocycles. The van der Waals surface area contributed by atoms with Gasteiger partial charge < -0.3 is 44.1 Å². The third-order valence-corrected chi connectivity index (χ3v) is 26.3. The van der Waals surface area contributed by atoms with Crippen LogP contribution in [0.15, 0.2) is 283 Å². The first-order valence-electron chi connectivity index (χ1n) is 46.0. The second-order valence-corrected chi connectivity index (χ2v) is 35.6. The predicted molar refractivity (Wildman–Crippen MR) is 526 cm³/mol. The zero-order chi connectivity index (χ0) is 94.5. The van der Waals surface area contributed by atoms with Gasteiger partial charge in [-0.2, -0.15) is 0 Å². The summed E-state index contributed by atoms with van der Waals surface area (Å²) in [4.78, 5) is 98.6. The number of hydrogen-bond acceptors (Lipinski definition) is 23. The van der Waals surface area contributed by atoms with Crippen molar-refractivity contribution in [2.24, 2.45) is 0 Å². The number of fused-ring (bicyclic) bond motifs is 12. The molecular formula is C109H101FN14O13. The monoisotopic (exact) mass is 1830 g/mol. The first-order valence-corrected chi connectivity index (χ1v) is 46.0. The number of aliphatic hydroxyl groups excluding tert-OH is 4. The maximum absolute atomic E-state index is 13.7. The predicted octanol–water partition coefficient (Wildman–Crippen LogP) is 15.9. The summed E-state index contributed by atoms with van der Waals surface area (Å²) in [6.45, 7) is 13.2. The van der Waals surface area contributed by atoms with E-state index < -0.39 is 36.5 Å². The number of aliphatic hydroxyl groups is 4. The number of pyridine rings is 4. The summed E-state index contributed by atoms with van der Waals surface area (Å²) >= 11 is 0. The van der Waals surface area contributed by atoms with Crippen molar-refractivity contribution in [1.29, 1.82) is 0 Å². The molecule has 28 heteroatoms. The van der Waals surface area contributed by atoms with Crippen molar-refractivity contribution in [2.45, 2.75) is 127 Å². The molecule has 18 aromatic rings. The normalized spacial score (nSPS) is 18.4. The average molecular weight is 1830 g/mol. The highest BCUT2D eigenvalue weighted by Gasteiger charge is 2.33. The summed E-state index contributed by atoms with van der Waals surface area (Å²) in [5.41, 5.74) is 16.5. The minimum Gasteiger partial charge on any atom is -0.467 e. The van der Waals surface area contributed by atoms with E-state index in [0.29, 0.717) is 152 Å². The van der Waals surface area contributed by atoms with E-state index in [4.69, 9.17) is 23.7 Å². The van der Waals surface area contributed by atoms with Crippen LogP contribution in [0.4, 0.5) is 4.39 Å². The maximum atomic E-state index is 13.7. The minimum atomic E-state index is -0.754. The van der Waals surface area contributed by atoms with Crippen LogP contribution in [0.1, 0.15) is 132 Å². The van der Waals surface area contributed by atoms with E-state index in [2.05, 4.69) is 94.5 Å². The smallest absolute Gasteiger partial charge is 0.316 e. The molecule has 4 N–H and O–H groups in total. The Morgan fingerprint density at radius 2 is 0.774 bits per heavy atom. The number of allylic oxidation sites excluding steroid dienone is 1. The number of nitrogens with zero attached hydrogens (tertiary/aromatic N) is 14. The molecule has 0 unspecified atom stereocenters. The van der Waals surface area contributed by atoms with Gasteiger partial charge in [-0.15, -0.1) is 0 Å². The second-order valence-electron chi connectivity index (χ2n) is 35.6. The molecule has 0 aliphatic carbocycles. The van der Waals surface area contributed by atoms with Gasteiger partial charge in [-0.25, -0.2) is 34.3 Å². The summed E-state index contributed by atoms with van der Waals surface area (Å²) in [5.74, 6) is -0.0271. The highest BCUT2D eigenvalue weighted by Crippen LogP contribution is 2.37. The van der Waals surface area contributed by atoms with E-state index in [9.17, 15) is 44.0 Å². The highest BCUT2D eigenvalue weighted by molar-refractivity contribution is 6.10. The molecule has 4 aliphatic rings. The molecule has 9 aromatic carbocycles. The molecule has 692 valence electrons. The molecule has 8 atom stereocenters. The maximum Gasteiger partial charge on any atom is 0.316 e. The first-order chi connectivity index (χ1) is 66.7. The van der Waals surface area contributed by atoms with Gasteiger partial charge >= 0.3 is 6.01 Å². The number of halogens is 1. The van der Waals surface area contributed by atoms with Crippen molar-refractivity contribution in [3.63, 3.8) is 0 Å². The fraction of sp³-hybridized carbons (Fsp3) is 0.266. The van der Waals surface area contributed by atoms with Gasteiger partial charge in [0.2, 0.25) is 0 Å². The molecule has 27 nitrogen and oxygen atoms in total. The van der Waals surface area contributed by atoms with Crippen LogP contribution in [0.2, 0.25) is 0 Å². The lowest BCUT2D eigenvalue weighted by Gasteiger charge is -2.29. The summed E-state index contributed by atoms with van der Waals surface area (Å²) in [5, 5.41) is 51.9. The number of aromatic nitrogens is 14. The van der Waals surface area contributed by atoms with Crippen LogP contribution in [0.25, 0.3) is 115 Å². The zero-order valence-corrected chi connectivity index (χ0v) is 76.1. The molecule has 4 fully saturated rings. The molecule has 4 aliphatic heterocycles. The Labute approximate surface area is 785 Å². The van der Waals surface area contributed by atoms with Gasteiger partial charge in [0, 0.05) is 102 Å². The Balaban J connectivity index is 0.000000117. The fourth-order valence-electron chi connectivity index (χ4n) is 19.1. The largest absolute Gasteiger partial charge is 0.467 e. The molecule has 22 rings (SSSR count). The van der Waals surface area contributed by atoms with Crippen LogP contribution in [-0.2, 0) is 44.6 Å². The van der Waals surface area contributed by atoms with Crippen molar-refractivity contribution >= 4 is 92.3 Å². The lowest BCUT2D eigenvalue weighted by atomic mass is 9.94. The molecule has 0 bridgehead atoms. The quantitative estimate of drug-likeness (QED) is 0.0615. The van der Waals surface area contributed by atoms with Crippen LogP contribution in [0.5, 0.6) is 6.01 Å². The Morgan fingerprint density at radius 3 is 1.18 bits per heavy atom. The van der Waals surface area contributed by atoms with E-state index in [-0.39, 0.29) is 53.4 Å². The Hall–Kier alpha value is -14.6. The van der Waals surface area contributed by atoms with Crippen LogP contribution >= 0.6 is 0 Å². The Bertz CT molecular complexity index is 7870. The van der Waals surface area contributed by atoms with Gasteiger partial charge in [-0.05, 0) is 208 Å². The van der Waals surface area contributed by atoms with Crippen molar-refractivity contribution < 1.29 is 48.5 Å².